The second-order valence-corrected chi connectivity index (χ2v) is 7.23. The maximum absolute atomic E-state index is 12.1. The molecule has 0 aromatic heterocycles. The third-order valence-electron chi connectivity index (χ3n) is 3.21. The van der Waals surface area contributed by atoms with Gasteiger partial charge in [-0.1, -0.05) is 0 Å². The first-order chi connectivity index (χ1) is 9.73. The van der Waals surface area contributed by atoms with Gasteiger partial charge >= 0.3 is 0 Å². The molecule has 0 aliphatic rings. The van der Waals surface area contributed by atoms with E-state index >= 15 is 0 Å². The molecule has 0 bridgehead atoms. The number of nitrogens with two attached hydrogens (primary N) is 1. The lowest BCUT2D eigenvalue weighted by atomic mass is 10.1. The summed E-state index contributed by atoms with van der Waals surface area (Å²) in [6.07, 6.45) is 0. The molecule has 0 saturated carbocycles. The highest BCUT2D eigenvalue weighted by Crippen LogP contribution is 2.27. The van der Waals surface area contributed by atoms with Gasteiger partial charge in [-0.3, -0.25) is 0 Å². The minimum absolute atomic E-state index is 0.130. The first-order valence-electron chi connectivity index (χ1n) is 6.70. The summed E-state index contributed by atoms with van der Waals surface area (Å²) in [5.74, 6) is -0.130. The van der Waals surface area contributed by atoms with Crippen molar-refractivity contribution in [2.75, 3.05) is 37.8 Å². The van der Waals surface area contributed by atoms with E-state index in [4.69, 9.17) is 11.0 Å². The van der Waals surface area contributed by atoms with Gasteiger partial charge in [0.15, 0.2) is 0 Å². The Morgan fingerprint density at radius 1 is 1.38 bits per heavy atom. The van der Waals surface area contributed by atoms with E-state index in [-0.39, 0.29) is 10.8 Å². The Morgan fingerprint density at radius 2 is 2.00 bits per heavy atom. The van der Waals surface area contributed by atoms with Gasteiger partial charge in [0, 0.05) is 27.2 Å². The number of sulfonamides is 1. The van der Waals surface area contributed by atoms with Gasteiger partial charge in [0.1, 0.15) is 0 Å². The molecule has 0 radical (unpaired) electrons. The maximum Gasteiger partial charge on any atom is 0.242 e. The van der Waals surface area contributed by atoms with E-state index in [9.17, 15) is 8.42 Å². The Balaban J connectivity index is 3.16. The first kappa shape index (κ1) is 17.3. The minimum Gasteiger partial charge on any atom is -0.397 e. The van der Waals surface area contributed by atoms with Crippen LogP contribution in [0.1, 0.15) is 13.8 Å². The SMILES string of the molecule is CCN(CC(C)C#N)c1ccc(S(=O)(=O)N(C)C)cc1N. The van der Waals surface area contributed by atoms with Crippen LogP contribution in [-0.4, -0.2) is 39.9 Å². The van der Waals surface area contributed by atoms with E-state index in [1.165, 1.54) is 20.2 Å². The Morgan fingerprint density at radius 3 is 2.43 bits per heavy atom. The summed E-state index contributed by atoms with van der Waals surface area (Å²) < 4.78 is 25.3. The summed E-state index contributed by atoms with van der Waals surface area (Å²) in [6.45, 7) is 5.05. The molecule has 0 fully saturated rings. The van der Waals surface area contributed by atoms with Crippen molar-refractivity contribution in [3.63, 3.8) is 0 Å². The van der Waals surface area contributed by atoms with Crippen molar-refractivity contribution in [2.45, 2.75) is 18.7 Å². The van der Waals surface area contributed by atoms with Crippen molar-refractivity contribution < 1.29 is 8.42 Å². The summed E-state index contributed by atoms with van der Waals surface area (Å²) >= 11 is 0. The highest BCUT2D eigenvalue weighted by Gasteiger charge is 2.19. The Hall–Kier alpha value is -1.78. The normalized spacial score (nSPS) is 13.0. The highest BCUT2D eigenvalue weighted by molar-refractivity contribution is 7.89. The van der Waals surface area contributed by atoms with Crippen LogP contribution in [0.4, 0.5) is 11.4 Å². The van der Waals surface area contributed by atoms with Crippen LogP contribution in [0.3, 0.4) is 0 Å². The number of hydrogen-bond acceptors (Lipinski definition) is 5. The number of nitrogens with zero attached hydrogens (tertiary/aromatic N) is 3. The lowest BCUT2D eigenvalue weighted by Gasteiger charge is -2.26. The fourth-order valence-corrected chi connectivity index (χ4v) is 2.90. The molecular formula is C14H22N4O2S. The van der Waals surface area contributed by atoms with Gasteiger partial charge in [0.05, 0.1) is 28.3 Å². The van der Waals surface area contributed by atoms with Gasteiger partial charge in [0.2, 0.25) is 10.0 Å². The highest BCUT2D eigenvalue weighted by atomic mass is 32.2. The molecule has 1 aromatic carbocycles. The molecule has 1 atom stereocenters. The Bertz CT molecular complexity index is 635. The van der Waals surface area contributed by atoms with Crippen molar-refractivity contribution in [2.24, 2.45) is 5.92 Å². The molecule has 0 spiro atoms. The number of rotatable bonds is 6. The van der Waals surface area contributed by atoms with Gasteiger partial charge in [0.25, 0.3) is 0 Å². The topological polar surface area (TPSA) is 90.4 Å². The second kappa shape index (κ2) is 6.78. The zero-order chi connectivity index (χ0) is 16.2. The molecule has 0 saturated heterocycles. The van der Waals surface area contributed by atoms with Crippen LogP contribution in [0.2, 0.25) is 0 Å². The van der Waals surface area contributed by atoms with Gasteiger partial charge in [-0.2, -0.15) is 5.26 Å². The molecule has 0 amide bonds. The number of nitriles is 1. The third-order valence-corrected chi connectivity index (χ3v) is 5.03. The summed E-state index contributed by atoms with van der Waals surface area (Å²) in [7, 11) is -0.537. The summed E-state index contributed by atoms with van der Waals surface area (Å²) in [6, 6.07) is 6.88. The molecule has 1 aromatic rings. The Kier molecular flexibility index (Phi) is 5.58. The molecule has 7 heteroatoms. The molecule has 1 unspecified atom stereocenters. The molecule has 6 nitrogen and oxygen atoms in total. The number of benzene rings is 1. The van der Waals surface area contributed by atoms with Crippen molar-refractivity contribution in [1.29, 1.82) is 5.26 Å². The fraction of sp³-hybridized carbons (Fsp3) is 0.500. The van der Waals surface area contributed by atoms with E-state index in [0.29, 0.717) is 18.8 Å². The van der Waals surface area contributed by atoms with Crippen molar-refractivity contribution >= 4 is 21.4 Å². The minimum atomic E-state index is -3.49. The quantitative estimate of drug-likeness (QED) is 0.804. The van der Waals surface area contributed by atoms with Crippen LogP contribution >= 0.6 is 0 Å². The second-order valence-electron chi connectivity index (χ2n) is 5.08. The largest absolute Gasteiger partial charge is 0.397 e. The smallest absolute Gasteiger partial charge is 0.242 e. The van der Waals surface area contributed by atoms with Crippen LogP contribution in [0.5, 0.6) is 0 Å². The van der Waals surface area contributed by atoms with Crippen molar-refractivity contribution in [3.8, 4) is 6.07 Å². The van der Waals surface area contributed by atoms with E-state index in [2.05, 4.69) is 6.07 Å². The van der Waals surface area contributed by atoms with Crippen LogP contribution in [-0.2, 0) is 10.0 Å². The van der Waals surface area contributed by atoms with Gasteiger partial charge < -0.3 is 10.6 Å². The Labute approximate surface area is 126 Å². The molecule has 0 aliphatic carbocycles. The van der Waals surface area contributed by atoms with E-state index in [1.54, 1.807) is 12.1 Å². The monoisotopic (exact) mass is 310 g/mol. The first-order valence-corrected chi connectivity index (χ1v) is 8.14. The standard InChI is InChI=1S/C14H22N4O2S/c1-5-18(10-11(2)9-15)14-7-6-12(8-13(14)16)21(19,20)17(3)4/h6-8,11H,5,10,16H2,1-4H3. The third kappa shape index (κ3) is 3.86. The zero-order valence-corrected chi connectivity index (χ0v) is 13.7. The predicted molar refractivity (Wildman–Crippen MR) is 84.4 cm³/mol. The molecule has 1 rings (SSSR count). The molecule has 21 heavy (non-hydrogen) atoms. The van der Waals surface area contributed by atoms with E-state index < -0.39 is 10.0 Å². The van der Waals surface area contributed by atoms with Crippen LogP contribution in [0.15, 0.2) is 23.1 Å². The van der Waals surface area contributed by atoms with Crippen LogP contribution in [0, 0.1) is 17.2 Å². The number of anilines is 2. The summed E-state index contributed by atoms with van der Waals surface area (Å²) in [5, 5.41) is 8.91. The average Bonchev–Trinajstić information content (AvgIpc) is 2.44. The van der Waals surface area contributed by atoms with Crippen molar-refractivity contribution in [3.05, 3.63) is 18.2 Å². The van der Waals surface area contributed by atoms with Gasteiger partial charge in [-0.25, -0.2) is 12.7 Å². The summed E-state index contributed by atoms with van der Waals surface area (Å²) in [4.78, 5) is 2.13. The molecule has 116 valence electrons. The maximum atomic E-state index is 12.1. The number of hydrogen-bond donors (Lipinski definition) is 1. The average molecular weight is 310 g/mol. The molecule has 2 N–H and O–H groups in total. The zero-order valence-electron chi connectivity index (χ0n) is 12.9. The van der Waals surface area contributed by atoms with E-state index in [1.807, 2.05) is 18.7 Å². The summed E-state index contributed by atoms with van der Waals surface area (Å²) in [5.41, 5.74) is 7.15. The van der Waals surface area contributed by atoms with Crippen LogP contribution in [0.25, 0.3) is 0 Å². The van der Waals surface area contributed by atoms with Gasteiger partial charge in [-0.05, 0) is 32.0 Å². The van der Waals surface area contributed by atoms with E-state index in [0.717, 1.165) is 9.99 Å². The van der Waals surface area contributed by atoms with Crippen molar-refractivity contribution in [1.82, 2.24) is 4.31 Å². The predicted octanol–water partition coefficient (Wildman–Crippen LogP) is 1.51. The molecule has 0 aliphatic heterocycles. The molecule has 0 heterocycles. The lowest BCUT2D eigenvalue weighted by molar-refractivity contribution is 0.521. The molecular weight excluding hydrogens is 288 g/mol. The number of nitrogen functional groups attached to an aromatic ring is 1. The lowest BCUT2D eigenvalue weighted by Crippen LogP contribution is -2.29. The van der Waals surface area contributed by atoms with Gasteiger partial charge in [-0.15, -0.1) is 0 Å². The van der Waals surface area contributed by atoms with Crippen LogP contribution < -0.4 is 10.6 Å². The fourth-order valence-electron chi connectivity index (χ4n) is 1.96.